The molecule has 3 heterocycles. The Hall–Kier alpha value is -3.00. The normalized spacial score (nSPS) is 17.6. The highest BCUT2D eigenvalue weighted by atomic mass is 16.5. The summed E-state index contributed by atoms with van der Waals surface area (Å²) in [6.07, 6.45) is 3.69. The predicted molar refractivity (Wildman–Crippen MR) is 125 cm³/mol. The molecule has 5 rings (SSSR count). The number of rotatable bonds is 6. The first-order valence-corrected chi connectivity index (χ1v) is 11.1. The molecule has 1 aliphatic rings. The zero-order valence-corrected chi connectivity index (χ0v) is 18.5. The van der Waals surface area contributed by atoms with E-state index >= 15 is 0 Å². The molecule has 0 amide bonds. The van der Waals surface area contributed by atoms with E-state index in [-0.39, 0.29) is 0 Å². The van der Waals surface area contributed by atoms with Crippen LogP contribution in [0.4, 0.5) is 0 Å². The number of aliphatic hydroxyl groups is 1. The number of para-hydroxylation sites is 2. The third kappa shape index (κ3) is 3.95. The molecule has 1 fully saturated rings. The van der Waals surface area contributed by atoms with E-state index in [4.69, 9.17) is 4.74 Å². The quantitative estimate of drug-likeness (QED) is 0.433. The largest absolute Gasteiger partial charge is 0.497 e. The third-order valence-electron chi connectivity index (χ3n) is 6.57. The minimum absolute atomic E-state index is 0.393. The number of aromatic amines is 1. The minimum atomic E-state index is -1.09. The number of H-pyrrole nitrogens is 1. The molecule has 4 aromatic rings. The Kier molecular flexibility index (Phi) is 5.55. The van der Waals surface area contributed by atoms with Gasteiger partial charge in [-0.25, -0.2) is 4.98 Å². The number of hydrogen-bond acceptors (Lipinski definition) is 6. The molecule has 2 aromatic carbocycles. The van der Waals surface area contributed by atoms with Crippen molar-refractivity contribution in [1.29, 1.82) is 0 Å². The molecule has 7 heteroatoms. The zero-order valence-electron chi connectivity index (χ0n) is 18.5. The van der Waals surface area contributed by atoms with Crippen LogP contribution < -0.4 is 10.1 Å². The Labute approximate surface area is 187 Å². The number of ether oxygens (including phenoxy) is 1. The number of aromatic nitrogens is 3. The van der Waals surface area contributed by atoms with Crippen LogP contribution in [0.2, 0.25) is 0 Å². The van der Waals surface area contributed by atoms with Crippen LogP contribution in [0.15, 0.2) is 54.7 Å². The lowest BCUT2D eigenvalue weighted by Crippen LogP contribution is -2.51. The van der Waals surface area contributed by atoms with Gasteiger partial charge in [0.2, 0.25) is 0 Å². The van der Waals surface area contributed by atoms with Crippen molar-refractivity contribution in [1.82, 2.24) is 25.2 Å². The van der Waals surface area contributed by atoms with Crippen LogP contribution in [0, 0.1) is 0 Å². The second kappa shape index (κ2) is 8.50. The number of hydrogen-bond donors (Lipinski definition) is 3. The predicted octanol–water partition coefficient (Wildman–Crippen LogP) is 3.54. The van der Waals surface area contributed by atoms with Gasteiger partial charge in [-0.3, -0.25) is 9.88 Å². The third-order valence-corrected chi connectivity index (χ3v) is 6.57. The lowest BCUT2D eigenvalue weighted by Gasteiger charge is -2.42. The fraction of sp³-hybridized carbons (Fsp3) is 0.360. The van der Waals surface area contributed by atoms with Crippen molar-refractivity contribution in [2.45, 2.75) is 38.1 Å². The number of methoxy groups -OCH3 is 1. The number of benzene rings is 2. The van der Waals surface area contributed by atoms with E-state index in [2.05, 4.69) is 25.2 Å². The van der Waals surface area contributed by atoms with Gasteiger partial charge < -0.3 is 20.1 Å². The molecule has 1 aliphatic heterocycles. The summed E-state index contributed by atoms with van der Waals surface area (Å²) in [5.41, 5.74) is 2.69. The van der Waals surface area contributed by atoms with Crippen molar-refractivity contribution in [3.05, 3.63) is 66.1 Å². The maximum atomic E-state index is 11.6. The van der Waals surface area contributed by atoms with E-state index < -0.39 is 5.72 Å². The highest BCUT2D eigenvalue weighted by Gasteiger charge is 2.35. The van der Waals surface area contributed by atoms with E-state index in [1.165, 1.54) is 0 Å². The van der Waals surface area contributed by atoms with Gasteiger partial charge in [-0.15, -0.1) is 0 Å². The van der Waals surface area contributed by atoms with Gasteiger partial charge in [0.25, 0.3) is 0 Å². The summed E-state index contributed by atoms with van der Waals surface area (Å²) in [7, 11) is 1.65. The van der Waals surface area contributed by atoms with Gasteiger partial charge in [0, 0.05) is 36.3 Å². The number of likely N-dealkylation sites (tertiary alicyclic amines) is 1. The Morgan fingerprint density at radius 2 is 1.97 bits per heavy atom. The smallest absolute Gasteiger partial charge is 0.142 e. The number of nitrogens with zero attached hydrogens (tertiary/aromatic N) is 3. The maximum absolute atomic E-state index is 11.6. The van der Waals surface area contributed by atoms with Gasteiger partial charge in [-0.1, -0.05) is 12.1 Å². The number of piperidine rings is 1. The Balaban J connectivity index is 1.25. The molecule has 2 aromatic heterocycles. The van der Waals surface area contributed by atoms with Gasteiger partial charge in [0.15, 0.2) is 0 Å². The van der Waals surface area contributed by atoms with Crippen LogP contribution in [-0.4, -0.2) is 51.2 Å². The van der Waals surface area contributed by atoms with E-state index in [0.717, 1.165) is 65.0 Å². The molecule has 1 atom stereocenters. The van der Waals surface area contributed by atoms with Crippen LogP contribution in [0.1, 0.15) is 31.2 Å². The summed E-state index contributed by atoms with van der Waals surface area (Å²) >= 11 is 0. The van der Waals surface area contributed by atoms with Gasteiger partial charge in [-0.05, 0) is 56.2 Å². The number of pyridine rings is 1. The molecule has 0 aliphatic carbocycles. The highest BCUT2D eigenvalue weighted by Crippen LogP contribution is 2.34. The maximum Gasteiger partial charge on any atom is 0.142 e. The summed E-state index contributed by atoms with van der Waals surface area (Å²) < 4.78 is 5.39. The van der Waals surface area contributed by atoms with Crippen molar-refractivity contribution in [2.24, 2.45) is 0 Å². The summed E-state index contributed by atoms with van der Waals surface area (Å²) in [6, 6.07) is 16.2. The zero-order chi connectivity index (χ0) is 22.1. The van der Waals surface area contributed by atoms with Crippen LogP contribution >= 0.6 is 0 Å². The average molecular weight is 432 g/mol. The molecule has 1 saturated heterocycles. The van der Waals surface area contributed by atoms with Crippen molar-refractivity contribution in [3.8, 4) is 5.75 Å². The first-order chi connectivity index (χ1) is 15.5. The van der Waals surface area contributed by atoms with Gasteiger partial charge in [-0.2, -0.15) is 0 Å². The number of imidazole rings is 1. The Bertz CT molecular complexity index is 1190. The average Bonchev–Trinajstić information content (AvgIpc) is 3.25. The van der Waals surface area contributed by atoms with Crippen molar-refractivity contribution < 1.29 is 9.84 Å². The summed E-state index contributed by atoms with van der Waals surface area (Å²) in [6.45, 7) is 4.20. The highest BCUT2D eigenvalue weighted by molar-refractivity contribution is 5.84. The molecule has 32 heavy (non-hydrogen) atoms. The molecular weight excluding hydrogens is 402 g/mol. The van der Waals surface area contributed by atoms with Crippen LogP contribution in [-0.2, 0) is 12.3 Å². The Morgan fingerprint density at radius 3 is 2.75 bits per heavy atom. The van der Waals surface area contributed by atoms with Crippen LogP contribution in [0.3, 0.4) is 0 Å². The molecule has 1 unspecified atom stereocenters. The monoisotopic (exact) mass is 431 g/mol. The molecule has 0 radical (unpaired) electrons. The molecule has 7 nitrogen and oxygen atoms in total. The molecule has 0 saturated carbocycles. The van der Waals surface area contributed by atoms with Crippen molar-refractivity contribution in [3.63, 3.8) is 0 Å². The molecular formula is C25H29N5O2. The summed E-state index contributed by atoms with van der Waals surface area (Å²) in [4.78, 5) is 14.6. The van der Waals surface area contributed by atoms with Gasteiger partial charge in [0.05, 0.1) is 30.2 Å². The second-order valence-corrected chi connectivity index (χ2v) is 8.61. The minimum Gasteiger partial charge on any atom is -0.497 e. The van der Waals surface area contributed by atoms with Crippen LogP contribution in [0.25, 0.3) is 21.9 Å². The SMILES string of the molecule is COc1ccc2nccc(C(C)(O)N3CCC(NCc4nc5ccccc5[nH]4)CC3)c2c1. The van der Waals surface area contributed by atoms with E-state index in [0.29, 0.717) is 12.6 Å². The second-order valence-electron chi connectivity index (χ2n) is 8.61. The van der Waals surface area contributed by atoms with E-state index in [9.17, 15) is 5.11 Å². The number of fused-ring (bicyclic) bond motifs is 2. The van der Waals surface area contributed by atoms with Crippen LogP contribution in [0.5, 0.6) is 5.75 Å². The van der Waals surface area contributed by atoms with E-state index in [1.807, 2.05) is 55.5 Å². The standard InChI is InChI=1S/C25H29N5O2/c1-25(31,20-9-12-26-21-8-7-18(32-2)15-19(20)21)30-13-10-17(11-14-30)27-16-24-28-22-5-3-4-6-23(22)29-24/h3-9,12,15,17,27,31H,10-11,13-14,16H2,1-2H3,(H,28,29). The summed E-state index contributed by atoms with van der Waals surface area (Å²) in [5, 5.41) is 16.1. The topological polar surface area (TPSA) is 86.3 Å². The number of nitrogens with one attached hydrogen (secondary N) is 2. The van der Waals surface area contributed by atoms with E-state index in [1.54, 1.807) is 13.3 Å². The Morgan fingerprint density at radius 1 is 1.16 bits per heavy atom. The molecule has 166 valence electrons. The molecule has 0 spiro atoms. The first kappa shape index (κ1) is 20.9. The molecule has 0 bridgehead atoms. The summed E-state index contributed by atoms with van der Waals surface area (Å²) in [5.74, 6) is 1.72. The lowest BCUT2D eigenvalue weighted by atomic mass is 9.95. The van der Waals surface area contributed by atoms with Crippen molar-refractivity contribution >= 4 is 21.9 Å². The van der Waals surface area contributed by atoms with Crippen molar-refractivity contribution in [2.75, 3.05) is 20.2 Å². The lowest BCUT2D eigenvalue weighted by molar-refractivity contribution is -0.110. The molecule has 3 N–H and O–H groups in total. The van der Waals surface area contributed by atoms with Gasteiger partial charge in [0.1, 0.15) is 17.3 Å². The first-order valence-electron chi connectivity index (χ1n) is 11.1. The fourth-order valence-corrected chi connectivity index (χ4v) is 4.69. The fourth-order valence-electron chi connectivity index (χ4n) is 4.69. The van der Waals surface area contributed by atoms with Gasteiger partial charge >= 0.3 is 0 Å².